The number of anilines is 1. The van der Waals surface area contributed by atoms with E-state index in [1.54, 1.807) is 0 Å². The van der Waals surface area contributed by atoms with Gasteiger partial charge in [-0.15, -0.1) is 0 Å². The van der Waals surface area contributed by atoms with Crippen molar-refractivity contribution in [1.29, 1.82) is 0 Å². The molecule has 0 spiro atoms. The van der Waals surface area contributed by atoms with E-state index in [-0.39, 0.29) is 23.6 Å². The second-order valence-electron chi connectivity index (χ2n) is 5.33. The fourth-order valence-electron chi connectivity index (χ4n) is 2.14. The van der Waals surface area contributed by atoms with Gasteiger partial charge < -0.3 is 15.2 Å². The summed E-state index contributed by atoms with van der Waals surface area (Å²) in [6.07, 6.45) is 1.11. The number of phenols is 1. The Bertz CT molecular complexity index is 834. The van der Waals surface area contributed by atoms with Crippen LogP contribution in [0.1, 0.15) is 11.1 Å². The van der Waals surface area contributed by atoms with Crippen molar-refractivity contribution >= 4 is 23.5 Å². The van der Waals surface area contributed by atoms with E-state index in [0.717, 1.165) is 17.5 Å². The summed E-state index contributed by atoms with van der Waals surface area (Å²) in [4.78, 5) is 22.3. The smallest absolute Gasteiger partial charge is 0.323 e. The zero-order valence-electron chi connectivity index (χ0n) is 14.2. The van der Waals surface area contributed by atoms with Crippen molar-refractivity contribution in [1.82, 2.24) is 5.43 Å². The van der Waals surface area contributed by atoms with E-state index in [2.05, 4.69) is 15.8 Å². The molecule has 3 N–H and O–H groups in total. The van der Waals surface area contributed by atoms with Gasteiger partial charge in [-0.1, -0.05) is 17.7 Å². The van der Waals surface area contributed by atoms with Gasteiger partial charge in [0.25, 0.3) is 5.91 Å². The average molecular weight is 358 g/mol. The van der Waals surface area contributed by atoms with Crippen LogP contribution in [-0.2, 0) is 4.79 Å². The first-order chi connectivity index (χ1) is 12.4. The standard InChI is InChI=1S/C17H18N4O5/c1-11-3-6-13(7-4-11)18-10-15(23)20-19-9-12-5-8-14(22)17(26-2)16(12)21(24)25/h3-9,18,22H,10H2,1-2H3,(H,20,23). The van der Waals surface area contributed by atoms with E-state index in [1.165, 1.54) is 19.2 Å². The third-order valence-electron chi connectivity index (χ3n) is 3.43. The molecule has 0 atom stereocenters. The number of hydrogen-bond donors (Lipinski definition) is 3. The number of phenolic OH excluding ortho intramolecular Hbond substituents is 1. The molecule has 0 aromatic heterocycles. The maximum atomic E-state index is 11.8. The zero-order valence-corrected chi connectivity index (χ0v) is 14.2. The Morgan fingerprint density at radius 1 is 1.31 bits per heavy atom. The molecule has 2 aromatic carbocycles. The number of nitrogens with one attached hydrogen (secondary N) is 2. The van der Waals surface area contributed by atoms with Gasteiger partial charge >= 0.3 is 5.69 Å². The van der Waals surface area contributed by atoms with Crippen LogP contribution in [0, 0.1) is 17.0 Å². The lowest BCUT2D eigenvalue weighted by Gasteiger charge is -2.06. The predicted octanol–water partition coefficient (Wildman–Crippen LogP) is 2.18. The molecule has 2 rings (SSSR count). The van der Waals surface area contributed by atoms with E-state index in [1.807, 2.05) is 31.2 Å². The molecule has 136 valence electrons. The van der Waals surface area contributed by atoms with Crippen LogP contribution in [0.25, 0.3) is 0 Å². The van der Waals surface area contributed by atoms with Crippen molar-refractivity contribution in [3.05, 3.63) is 57.6 Å². The van der Waals surface area contributed by atoms with Gasteiger partial charge in [0.2, 0.25) is 5.75 Å². The normalized spacial score (nSPS) is 10.5. The number of nitro benzene ring substituents is 1. The van der Waals surface area contributed by atoms with E-state index >= 15 is 0 Å². The van der Waals surface area contributed by atoms with Crippen LogP contribution in [0.4, 0.5) is 11.4 Å². The van der Waals surface area contributed by atoms with E-state index < -0.39 is 16.5 Å². The number of carbonyl (C=O) groups is 1. The van der Waals surface area contributed by atoms with Gasteiger partial charge in [0.15, 0.2) is 5.75 Å². The fourth-order valence-corrected chi connectivity index (χ4v) is 2.14. The quantitative estimate of drug-likeness (QED) is 0.396. The Morgan fingerprint density at radius 3 is 2.62 bits per heavy atom. The summed E-state index contributed by atoms with van der Waals surface area (Å²) in [5, 5.41) is 27.4. The number of methoxy groups -OCH3 is 1. The lowest BCUT2D eigenvalue weighted by Crippen LogP contribution is -2.25. The van der Waals surface area contributed by atoms with Crippen molar-refractivity contribution in [3.8, 4) is 11.5 Å². The summed E-state index contributed by atoms with van der Waals surface area (Å²) in [5.41, 5.74) is 3.80. The molecule has 26 heavy (non-hydrogen) atoms. The molecule has 0 aliphatic heterocycles. The summed E-state index contributed by atoms with van der Waals surface area (Å²) < 4.78 is 4.85. The Hall–Kier alpha value is -3.62. The highest BCUT2D eigenvalue weighted by Gasteiger charge is 2.23. The van der Waals surface area contributed by atoms with E-state index in [9.17, 15) is 20.0 Å². The van der Waals surface area contributed by atoms with Crippen LogP contribution < -0.4 is 15.5 Å². The highest BCUT2D eigenvalue weighted by Crippen LogP contribution is 2.37. The van der Waals surface area contributed by atoms with Crippen molar-refractivity contribution in [2.45, 2.75) is 6.92 Å². The molecule has 1 amide bonds. The molecule has 9 heteroatoms. The number of rotatable bonds is 7. The Labute approximate surface area is 149 Å². The van der Waals surface area contributed by atoms with E-state index in [0.29, 0.717) is 0 Å². The first kappa shape index (κ1) is 18.7. The van der Waals surface area contributed by atoms with Crippen LogP contribution in [0.3, 0.4) is 0 Å². The minimum absolute atomic E-state index is 0.0125. The van der Waals surface area contributed by atoms with Crippen LogP contribution in [0.15, 0.2) is 41.5 Å². The highest BCUT2D eigenvalue weighted by atomic mass is 16.6. The number of nitro groups is 1. The molecule has 0 saturated heterocycles. The van der Waals surface area contributed by atoms with Gasteiger partial charge in [0, 0.05) is 5.69 Å². The number of aryl methyl sites for hydroxylation is 1. The lowest BCUT2D eigenvalue weighted by atomic mass is 10.1. The first-order valence-electron chi connectivity index (χ1n) is 7.59. The van der Waals surface area contributed by atoms with Crippen molar-refractivity contribution in [2.24, 2.45) is 5.10 Å². The maximum Gasteiger partial charge on any atom is 0.323 e. The molecular formula is C17H18N4O5. The van der Waals surface area contributed by atoms with Crippen LogP contribution >= 0.6 is 0 Å². The van der Waals surface area contributed by atoms with Crippen LogP contribution in [-0.4, -0.2) is 35.8 Å². The third kappa shape index (κ3) is 4.69. The zero-order chi connectivity index (χ0) is 19.1. The number of ether oxygens (including phenoxy) is 1. The SMILES string of the molecule is COc1c(O)ccc(C=NNC(=O)CNc2ccc(C)cc2)c1[N+](=O)[O-]. The number of hydrogen-bond acceptors (Lipinski definition) is 7. The highest BCUT2D eigenvalue weighted by molar-refractivity contribution is 5.89. The molecule has 0 bridgehead atoms. The predicted molar refractivity (Wildman–Crippen MR) is 96.7 cm³/mol. The molecule has 0 unspecified atom stereocenters. The number of nitrogens with zero attached hydrogens (tertiary/aromatic N) is 2. The number of carbonyl (C=O) groups excluding carboxylic acids is 1. The number of amides is 1. The van der Waals surface area contributed by atoms with Crippen LogP contribution in [0.2, 0.25) is 0 Å². The second-order valence-corrected chi connectivity index (χ2v) is 5.33. The van der Waals surface area contributed by atoms with Gasteiger partial charge in [0.1, 0.15) is 0 Å². The first-order valence-corrected chi connectivity index (χ1v) is 7.59. The lowest BCUT2D eigenvalue weighted by molar-refractivity contribution is -0.386. The molecule has 0 fully saturated rings. The number of hydrazone groups is 1. The number of aromatic hydroxyl groups is 1. The second kappa shape index (κ2) is 8.47. The van der Waals surface area contributed by atoms with E-state index in [4.69, 9.17) is 4.74 Å². The molecule has 0 aliphatic carbocycles. The van der Waals surface area contributed by atoms with Gasteiger partial charge in [0.05, 0.1) is 30.4 Å². The number of benzene rings is 2. The maximum absolute atomic E-state index is 11.8. The van der Waals surface area contributed by atoms with Crippen molar-refractivity contribution in [2.75, 3.05) is 19.0 Å². The Kier molecular flexibility index (Phi) is 6.10. The minimum Gasteiger partial charge on any atom is -0.504 e. The average Bonchev–Trinajstić information content (AvgIpc) is 2.61. The van der Waals surface area contributed by atoms with Gasteiger partial charge in [-0.05, 0) is 31.2 Å². The largest absolute Gasteiger partial charge is 0.504 e. The Morgan fingerprint density at radius 2 is 2.00 bits per heavy atom. The van der Waals surface area contributed by atoms with Gasteiger partial charge in [-0.3, -0.25) is 14.9 Å². The summed E-state index contributed by atoms with van der Waals surface area (Å²) in [6.45, 7) is 1.95. The molecular weight excluding hydrogens is 340 g/mol. The topological polar surface area (TPSA) is 126 Å². The van der Waals surface area contributed by atoms with Crippen LogP contribution in [0.5, 0.6) is 11.5 Å². The van der Waals surface area contributed by atoms with Crippen molar-refractivity contribution in [3.63, 3.8) is 0 Å². The fraction of sp³-hybridized carbons (Fsp3) is 0.176. The van der Waals surface area contributed by atoms with Gasteiger partial charge in [-0.2, -0.15) is 5.10 Å². The summed E-state index contributed by atoms with van der Waals surface area (Å²) in [6, 6.07) is 10.1. The Balaban J connectivity index is 2.00. The molecule has 0 radical (unpaired) electrons. The summed E-state index contributed by atoms with van der Waals surface area (Å²) in [7, 11) is 1.21. The minimum atomic E-state index is -0.694. The van der Waals surface area contributed by atoms with Gasteiger partial charge in [-0.25, -0.2) is 5.43 Å². The molecule has 9 nitrogen and oxygen atoms in total. The summed E-state index contributed by atoms with van der Waals surface area (Å²) >= 11 is 0. The van der Waals surface area contributed by atoms with Crippen molar-refractivity contribution < 1.29 is 19.6 Å². The molecule has 2 aromatic rings. The summed E-state index contributed by atoms with van der Waals surface area (Å²) in [5.74, 6) is -1.05. The third-order valence-corrected chi connectivity index (χ3v) is 3.43. The monoisotopic (exact) mass is 358 g/mol. The molecule has 0 saturated carbocycles. The molecule has 0 aliphatic rings. The molecule has 0 heterocycles.